The number of alkyl halides is 2. The van der Waals surface area contributed by atoms with E-state index in [9.17, 15) is 18.0 Å². The van der Waals surface area contributed by atoms with Crippen LogP contribution in [0.25, 0.3) is 11.1 Å². The van der Waals surface area contributed by atoms with Crippen LogP contribution < -0.4 is 10.5 Å². The number of hydrogen-bond donors (Lipinski definition) is 1. The number of aryl methyl sites for hydroxylation is 1. The van der Waals surface area contributed by atoms with Gasteiger partial charge in [-0.15, -0.1) is 0 Å². The molecule has 0 saturated heterocycles. The first-order chi connectivity index (χ1) is 15.2. The predicted octanol–water partition coefficient (Wildman–Crippen LogP) is 3.83. The Morgan fingerprint density at radius 3 is 2.44 bits per heavy atom. The minimum atomic E-state index is -2.97. The van der Waals surface area contributed by atoms with Crippen LogP contribution in [0.2, 0.25) is 0 Å². The van der Waals surface area contributed by atoms with E-state index in [0.29, 0.717) is 27.8 Å². The summed E-state index contributed by atoms with van der Waals surface area (Å²) in [5.41, 5.74) is 6.93. The highest BCUT2D eigenvalue weighted by Crippen LogP contribution is 2.41. The van der Waals surface area contributed by atoms with E-state index in [1.54, 1.807) is 37.3 Å². The Kier molecular flexibility index (Phi) is 5.33. The lowest BCUT2D eigenvalue weighted by atomic mass is 9.81. The van der Waals surface area contributed by atoms with Gasteiger partial charge in [-0.2, -0.15) is 8.78 Å². The number of rotatable bonds is 5. The Morgan fingerprint density at radius 2 is 1.81 bits per heavy atom. The van der Waals surface area contributed by atoms with Crippen molar-refractivity contribution < 1.29 is 22.7 Å². The fourth-order valence-electron chi connectivity index (χ4n) is 3.78. The fourth-order valence-corrected chi connectivity index (χ4v) is 3.78. The molecule has 1 aliphatic rings. The maximum Gasteiger partial charge on any atom is 0.387 e. The van der Waals surface area contributed by atoms with Crippen molar-refractivity contribution in [2.45, 2.75) is 19.1 Å². The van der Waals surface area contributed by atoms with Crippen LogP contribution in [0.5, 0.6) is 5.75 Å². The van der Waals surface area contributed by atoms with Crippen LogP contribution in [0.15, 0.2) is 65.9 Å². The molecule has 1 atom stereocenters. The fraction of sp³-hybridized carbons (Fsp3) is 0.174. The van der Waals surface area contributed by atoms with Gasteiger partial charge in [0.1, 0.15) is 11.6 Å². The maximum atomic E-state index is 13.7. The largest absolute Gasteiger partial charge is 0.435 e. The first-order valence-electron chi connectivity index (χ1n) is 9.63. The van der Waals surface area contributed by atoms with Crippen molar-refractivity contribution in [3.8, 4) is 16.9 Å². The summed E-state index contributed by atoms with van der Waals surface area (Å²) in [5.74, 6) is -0.897. The van der Waals surface area contributed by atoms with E-state index < -0.39 is 23.9 Å². The minimum Gasteiger partial charge on any atom is -0.435 e. The molecule has 0 aliphatic carbocycles. The molecule has 0 bridgehead atoms. The quantitative estimate of drug-likeness (QED) is 0.654. The summed E-state index contributed by atoms with van der Waals surface area (Å²) in [4.78, 5) is 23.0. The molecule has 0 radical (unpaired) electrons. The number of carbonyl (C=O) groups is 1. The summed E-state index contributed by atoms with van der Waals surface area (Å²) in [6, 6.07) is 12.7. The number of nitrogens with zero attached hydrogens (tertiary/aromatic N) is 3. The number of halogens is 3. The number of likely N-dealkylation sites (N-methyl/N-ethyl adjacent to an activating group) is 1. The third kappa shape index (κ3) is 3.55. The second-order valence-electron chi connectivity index (χ2n) is 7.38. The second-order valence-corrected chi connectivity index (χ2v) is 7.38. The number of hydrogen-bond acceptors (Lipinski definition) is 5. The highest BCUT2D eigenvalue weighted by atomic mass is 19.3. The summed E-state index contributed by atoms with van der Waals surface area (Å²) < 4.78 is 43.6. The Hall–Kier alpha value is -3.88. The van der Waals surface area contributed by atoms with Crippen LogP contribution in [0, 0.1) is 12.7 Å². The van der Waals surface area contributed by atoms with E-state index in [2.05, 4.69) is 14.7 Å². The normalized spacial score (nSPS) is 18.2. The summed E-state index contributed by atoms with van der Waals surface area (Å²) in [6.45, 7) is -1.38. The molecule has 6 nitrogen and oxygen atoms in total. The molecule has 9 heteroatoms. The van der Waals surface area contributed by atoms with Crippen LogP contribution in [0.4, 0.5) is 13.2 Å². The second kappa shape index (κ2) is 7.99. The zero-order valence-corrected chi connectivity index (χ0v) is 17.2. The Morgan fingerprint density at radius 1 is 1.06 bits per heavy atom. The molecule has 1 unspecified atom stereocenters. The van der Waals surface area contributed by atoms with E-state index in [1.165, 1.54) is 36.3 Å². The number of amides is 1. The summed E-state index contributed by atoms with van der Waals surface area (Å²) in [7, 11) is 1.50. The number of aromatic nitrogens is 1. The maximum absolute atomic E-state index is 13.7. The van der Waals surface area contributed by atoms with Crippen LogP contribution in [0.1, 0.15) is 16.7 Å². The molecule has 0 fully saturated rings. The number of pyridine rings is 1. The number of guanidine groups is 1. The van der Waals surface area contributed by atoms with Crippen molar-refractivity contribution in [2.24, 2.45) is 10.7 Å². The van der Waals surface area contributed by atoms with E-state index in [-0.39, 0.29) is 11.7 Å². The Balaban J connectivity index is 1.90. The summed E-state index contributed by atoms with van der Waals surface area (Å²) in [5, 5.41) is 0. The van der Waals surface area contributed by atoms with Gasteiger partial charge in [0.2, 0.25) is 0 Å². The molecular weight excluding hydrogens is 421 g/mol. The van der Waals surface area contributed by atoms with E-state index in [1.807, 2.05) is 0 Å². The van der Waals surface area contributed by atoms with Gasteiger partial charge in [-0.1, -0.05) is 24.3 Å². The smallest absolute Gasteiger partial charge is 0.387 e. The van der Waals surface area contributed by atoms with Crippen molar-refractivity contribution >= 4 is 11.9 Å². The van der Waals surface area contributed by atoms with Crippen LogP contribution in [-0.2, 0) is 10.3 Å². The molecule has 1 amide bonds. The summed E-state index contributed by atoms with van der Waals surface area (Å²) in [6.07, 6.45) is 2.61. The van der Waals surface area contributed by atoms with Gasteiger partial charge in [0.15, 0.2) is 11.5 Å². The van der Waals surface area contributed by atoms with Crippen molar-refractivity contribution in [1.29, 1.82) is 0 Å². The topological polar surface area (TPSA) is 80.8 Å². The van der Waals surface area contributed by atoms with Crippen molar-refractivity contribution in [2.75, 3.05) is 7.05 Å². The number of carbonyl (C=O) groups excluding carboxylic acids is 1. The third-order valence-electron chi connectivity index (χ3n) is 5.37. The van der Waals surface area contributed by atoms with Gasteiger partial charge in [-0.25, -0.2) is 9.38 Å². The zero-order valence-electron chi connectivity index (χ0n) is 17.2. The van der Waals surface area contributed by atoms with Gasteiger partial charge >= 0.3 is 6.61 Å². The molecule has 2 aromatic carbocycles. The van der Waals surface area contributed by atoms with Gasteiger partial charge in [0.05, 0.1) is 6.20 Å². The van der Waals surface area contributed by atoms with Crippen LogP contribution in [0.3, 0.4) is 0 Å². The Labute approximate surface area is 182 Å². The average Bonchev–Trinajstić information content (AvgIpc) is 3.00. The standard InChI is InChI=1S/C23H19F3N4O2/c1-13-8-17(6-7-19(13)32-21(25)26)23(20(31)30(2)22(27)29-23)16-5-3-4-14(9-16)15-10-18(24)12-28-11-15/h3-12,21H,1-2H3,(H2,27,29). The molecule has 1 aliphatic heterocycles. The molecule has 2 heterocycles. The monoisotopic (exact) mass is 440 g/mol. The summed E-state index contributed by atoms with van der Waals surface area (Å²) >= 11 is 0. The van der Waals surface area contributed by atoms with Gasteiger partial charge in [-0.3, -0.25) is 14.7 Å². The molecule has 2 N–H and O–H groups in total. The average molecular weight is 440 g/mol. The molecule has 3 aromatic rings. The molecule has 164 valence electrons. The van der Waals surface area contributed by atoms with Crippen molar-refractivity contribution in [3.05, 3.63) is 83.4 Å². The van der Waals surface area contributed by atoms with Crippen LogP contribution in [-0.4, -0.2) is 35.4 Å². The molecular formula is C23H19F3N4O2. The van der Waals surface area contributed by atoms with Crippen LogP contribution >= 0.6 is 0 Å². The third-order valence-corrected chi connectivity index (χ3v) is 5.37. The van der Waals surface area contributed by atoms with Gasteiger partial charge < -0.3 is 10.5 Å². The van der Waals surface area contributed by atoms with Gasteiger partial charge in [0, 0.05) is 18.8 Å². The Bertz CT molecular complexity index is 1230. The lowest BCUT2D eigenvalue weighted by Crippen LogP contribution is -2.41. The SMILES string of the molecule is Cc1cc(C2(c3cccc(-c4cncc(F)c4)c3)N=C(N)N(C)C2=O)ccc1OC(F)F. The number of nitrogens with two attached hydrogens (primary N) is 1. The van der Waals surface area contributed by atoms with E-state index in [4.69, 9.17) is 5.73 Å². The number of ether oxygens (including phenoxy) is 1. The minimum absolute atomic E-state index is 0.00534. The highest BCUT2D eigenvalue weighted by Gasteiger charge is 2.49. The zero-order chi connectivity index (χ0) is 23.0. The van der Waals surface area contributed by atoms with E-state index in [0.717, 1.165) is 6.20 Å². The number of benzene rings is 2. The molecule has 32 heavy (non-hydrogen) atoms. The number of aliphatic imine (C=N–C) groups is 1. The van der Waals surface area contributed by atoms with E-state index >= 15 is 0 Å². The lowest BCUT2D eigenvalue weighted by molar-refractivity contribution is -0.129. The van der Waals surface area contributed by atoms with Crippen molar-refractivity contribution in [1.82, 2.24) is 9.88 Å². The molecule has 0 spiro atoms. The first-order valence-corrected chi connectivity index (χ1v) is 9.63. The molecule has 4 rings (SSSR count). The molecule has 0 saturated carbocycles. The van der Waals surface area contributed by atoms with Crippen molar-refractivity contribution in [3.63, 3.8) is 0 Å². The predicted molar refractivity (Wildman–Crippen MR) is 113 cm³/mol. The van der Waals surface area contributed by atoms with Gasteiger partial charge in [0.25, 0.3) is 5.91 Å². The highest BCUT2D eigenvalue weighted by molar-refractivity contribution is 6.09. The molecule has 1 aromatic heterocycles. The lowest BCUT2D eigenvalue weighted by Gasteiger charge is -2.27. The van der Waals surface area contributed by atoms with Gasteiger partial charge in [-0.05, 0) is 53.4 Å². The first kappa shape index (κ1) is 21.4.